The molecule has 0 bridgehead atoms. The molecule has 0 spiro atoms. The minimum absolute atomic E-state index is 0.268. The quantitative estimate of drug-likeness (QED) is 0.773. The Balaban J connectivity index is 2.22. The molecule has 6 heteroatoms. The number of carbonyl (C=O) groups excluding carboxylic acids is 1. The fourth-order valence-corrected chi connectivity index (χ4v) is 2.23. The molecule has 0 saturated carbocycles. The summed E-state index contributed by atoms with van der Waals surface area (Å²) in [6.45, 7) is 3.22. The number of nitrogens with two attached hydrogens (primary N) is 2. The van der Waals surface area contributed by atoms with Crippen LogP contribution in [0.15, 0.2) is 18.3 Å². The molecule has 0 radical (unpaired) electrons. The summed E-state index contributed by atoms with van der Waals surface area (Å²) in [4.78, 5) is 18.1. The van der Waals surface area contributed by atoms with Gasteiger partial charge in [-0.1, -0.05) is 12.2 Å². The smallest absolute Gasteiger partial charge is 0.225 e. The van der Waals surface area contributed by atoms with Crippen LogP contribution in [-0.4, -0.2) is 29.0 Å². The molecule has 1 saturated heterocycles. The summed E-state index contributed by atoms with van der Waals surface area (Å²) in [5.74, 6) is 0.515. The van der Waals surface area contributed by atoms with E-state index in [2.05, 4.69) is 4.98 Å². The average Bonchev–Trinajstić information content (AvgIpc) is 2.73. The van der Waals surface area contributed by atoms with E-state index in [0.717, 1.165) is 24.3 Å². The zero-order chi connectivity index (χ0) is 13.3. The van der Waals surface area contributed by atoms with E-state index >= 15 is 0 Å². The highest BCUT2D eigenvalue weighted by Gasteiger charge is 2.39. The number of amides is 1. The van der Waals surface area contributed by atoms with Crippen molar-refractivity contribution in [2.45, 2.75) is 13.3 Å². The van der Waals surface area contributed by atoms with E-state index in [4.69, 9.17) is 23.7 Å². The molecule has 4 N–H and O–H groups in total. The highest BCUT2D eigenvalue weighted by molar-refractivity contribution is 7.80. The minimum atomic E-state index is -0.485. The topological polar surface area (TPSA) is 85.2 Å². The lowest BCUT2D eigenvalue weighted by atomic mass is 9.89. The first-order valence-corrected chi connectivity index (χ1v) is 6.14. The molecule has 18 heavy (non-hydrogen) atoms. The maximum Gasteiger partial charge on any atom is 0.225 e. The number of pyridine rings is 1. The molecule has 1 unspecified atom stereocenters. The third-order valence-electron chi connectivity index (χ3n) is 3.42. The van der Waals surface area contributed by atoms with Gasteiger partial charge in [0, 0.05) is 24.8 Å². The van der Waals surface area contributed by atoms with Crippen LogP contribution in [0.3, 0.4) is 0 Å². The number of primary amides is 1. The van der Waals surface area contributed by atoms with E-state index in [9.17, 15) is 4.79 Å². The second-order valence-corrected chi connectivity index (χ2v) is 5.30. The van der Waals surface area contributed by atoms with Crippen molar-refractivity contribution in [1.82, 2.24) is 4.98 Å². The zero-order valence-electron chi connectivity index (χ0n) is 10.2. The Labute approximate surface area is 111 Å². The summed E-state index contributed by atoms with van der Waals surface area (Å²) in [6.07, 6.45) is 2.41. The number of hydrogen-bond donors (Lipinski definition) is 2. The van der Waals surface area contributed by atoms with Crippen LogP contribution >= 0.6 is 12.2 Å². The van der Waals surface area contributed by atoms with Crippen LogP contribution in [-0.2, 0) is 4.79 Å². The van der Waals surface area contributed by atoms with Gasteiger partial charge in [-0.15, -0.1) is 0 Å². The molecule has 2 rings (SSSR count). The number of nitrogens with zero attached hydrogens (tertiary/aromatic N) is 2. The van der Waals surface area contributed by atoms with Crippen LogP contribution in [0, 0.1) is 5.41 Å². The molecule has 5 nitrogen and oxygen atoms in total. The van der Waals surface area contributed by atoms with Gasteiger partial charge >= 0.3 is 0 Å². The summed E-state index contributed by atoms with van der Waals surface area (Å²) < 4.78 is 0. The monoisotopic (exact) mass is 264 g/mol. The lowest BCUT2D eigenvalue weighted by Gasteiger charge is -2.22. The van der Waals surface area contributed by atoms with Crippen molar-refractivity contribution in [3.63, 3.8) is 0 Å². The second-order valence-electron chi connectivity index (χ2n) is 4.86. The van der Waals surface area contributed by atoms with Gasteiger partial charge in [-0.05, 0) is 25.5 Å². The Morgan fingerprint density at radius 2 is 2.28 bits per heavy atom. The number of carbonyl (C=O) groups is 1. The largest absolute Gasteiger partial charge is 0.389 e. The Hall–Kier alpha value is -1.69. The van der Waals surface area contributed by atoms with Crippen molar-refractivity contribution in [2.24, 2.45) is 16.9 Å². The van der Waals surface area contributed by atoms with E-state index < -0.39 is 5.41 Å². The first-order chi connectivity index (χ1) is 8.42. The molecule has 1 aromatic rings. The molecule has 1 aliphatic heterocycles. The van der Waals surface area contributed by atoms with Crippen LogP contribution in [0.25, 0.3) is 0 Å². The van der Waals surface area contributed by atoms with Crippen molar-refractivity contribution in [3.05, 3.63) is 23.9 Å². The van der Waals surface area contributed by atoms with E-state index in [-0.39, 0.29) is 5.91 Å². The predicted octanol–water partition coefficient (Wildman–Crippen LogP) is 0.417. The van der Waals surface area contributed by atoms with Gasteiger partial charge in [0.2, 0.25) is 5.91 Å². The molecular formula is C12H16N4OS. The molecule has 96 valence electrons. The maximum atomic E-state index is 11.4. The number of thiocarbonyl (C=S) groups is 1. The van der Waals surface area contributed by atoms with E-state index in [0.29, 0.717) is 11.5 Å². The van der Waals surface area contributed by atoms with Crippen LogP contribution in [0.5, 0.6) is 0 Å². The van der Waals surface area contributed by atoms with Gasteiger partial charge in [0.1, 0.15) is 10.8 Å². The first kappa shape index (κ1) is 12.8. The van der Waals surface area contributed by atoms with Gasteiger partial charge in [0.25, 0.3) is 0 Å². The molecule has 2 heterocycles. The Morgan fingerprint density at radius 1 is 1.56 bits per heavy atom. The lowest BCUT2D eigenvalue weighted by molar-refractivity contribution is -0.125. The molecule has 1 fully saturated rings. The molecule has 0 aromatic carbocycles. The standard InChI is InChI=1S/C12H16N4OS/c1-12(11(14)17)3-5-16(7-12)9-6-8(10(13)18)2-4-15-9/h2,4,6H,3,5,7H2,1H3,(H2,13,18)(H2,14,17). The predicted molar refractivity (Wildman–Crippen MR) is 74.3 cm³/mol. The lowest BCUT2D eigenvalue weighted by Crippen LogP contribution is -2.37. The van der Waals surface area contributed by atoms with Gasteiger partial charge in [-0.3, -0.25) is 4.79 Å². The first-order valence-electron chi connectivity index (χ1n) is 5.73. The number of hydrogen-bond acceptors (Lipinski definition) is 4. The Kier molecular flexibility index (Phi) is 3.21. The number of anilines is 1. The molecular weight excluding hydrogens is 248 g/mol. The summed E-state index contributed by atoms with van der Waals surface area (Å²) >= 11 is 4.94. The fraction of sp³-hybridized carbons (Fsp3) is 0.417. The van der Waals surface area contributed by atoms with Crippen LogP contribution in [0.2, 0.25) is 0 Å². The minimum Gasteiger partial charge on any atom is -0.389 e. The molecule has 1 aliphatic rings. The van der Waals surface area contributed by atoms with Crippen molar-refractivity contribution in [2.75, 3.05) is 18.0 Å². The van der Waals surface area contributed by atoms with Crippen LogP contribution in [0.4, 0.5) is 5.82 Å². The summed E-state index contributed by atoms with van der Waals surface area (Å²) in [5, 5.41) is 0. The summed E-state index contributed by atoms with van der Waals surface area (Å²) in [7, 11) is 0. The Bertz CT molecular complexity index is 505. The summed E-state index contributed by atoms with van der Waals surface area (Å²) in [5.41, 5.74) is 11.3. The van der Waals surface area contributed by atoms with Crippen molar-refractivity contribution < 1.29 is 4.79 Å². The Morgan fingerprint density at radius 3 is 2.83 bits per heavy atom. The van der Waals surface area contributed by atoms with Crippen LogP contribution < -0.4 is 16.4 Å². The van der Waals surface area contributed by atoms with Gasteiger partial charge < -0.3 is 16.4 Å². The third-order valence-corrected chi connectivity index (χ3v) is 3.66. The number of aromatic nitrogens is 1. The highest BCUT2D eigenvalue weighted by atomic mass is 32.1. The normalized spacial score (nSPS) is 23.1. The maximum absolute atomic E-state index is 11.4. The van der Waals surface area contributed by atoms with E-state index in [1.54, 1.807) is 12.3 Å². The van der Waals surface area contributed by atoms with E-state index in [1.807, 2.05) is 17.9 Å². The summed E-state index contributed by atoms with van der Waals surface area (Å²) in [6, 6.07) is 3.62. The van der Waals surface area contributed by atoms with Gasteiger partial charge in [-0.2, -0.15) is 0 Å². The van der Waals surface area contributed by atoms with Gasteiger partial charge in [0.15, 0.2) is 0 Å². The average molecular weight is 264 g/mol. The third kappa shape index (κ3) is 2.28. The molecule has 1 atom stereocenters. The van der Waals surface area contributed by atoms with Crippen LogP contribution in [0.1, 0.15) is 18.9 Å². The zero-order valence-corrected chi connectivity index (χ0v) is 11.0. The molecule has 1 aromatic heterocycles. The second kappa shape index (κ2) is 4.53. The van der Waals surface area contributed by atoms with Crippen molar-refractivity contribution >= 4 is 28.9 Å². The van der Waals surface area contributed by atoms with E-state index in [1.165, 1.54) is 0 Å². The van der Waals surface area contributed by atoms with Crippen molar-refractivity contribution in [1.29, 1.82) is 0 Å². The SMILES string of the molecule is CC1(C(N)=O)CCN(c2cc(C(N)=S)ccn2)C1. The molecule has 0 aliphatic carbocycles. The highest BCUT2D eigenvalue weighted by Crippen LogP contribution is 2.32. The molecule has 1 amide bonds. The van der Waals surface area contributed by atoms with Crippen molar-refractivity contribution in [3.8, 4) is 0 Å². The van der Waals surface area contributed by atoms with Gasteiger partial charge in [-0.25, -0.2) is 4.98 Å². The fourth-order valence-electron chi connectivity index (χ4n) is 2.10. The van der Waals surface area contributed by atoms with Gasteiger partial charge in [0.05, 0.1) is 5.41 Å². The number of rotatable bonds is 3.